The van der Waals surface area contributed by atoms with Crippen molar-refractivity contribution in [2.75, 3.05) is 0 Å². The van der Waals surface area contributed by atoms with E-state index in [-0.39, 0.29) is 11.5 Å². The molecular formula is C15H21N3S. The summed E-state index contributed by atoms with van der Waals surface area (Å²) < 4.78 is 2.30. The van der Waals surface area contributed by atoms with E-state index in [1.807, 2.05) is 6.20 Å². The fraction of sp³-hybridized carbons (Fsp3) is 0.533. The molecule has 0 radical (unpaired) electrons. The molecule has 1 aliphatic carbocycles. The van der Waals surface area contributed by atoms with Crippen molar-refractivity contribution < 1.29 is 0 Å². The van der Waals surface area contributed by atoms with E-state index in [4.69, 9.17) is 5.73 Å². The van der Waals surface area contributed by atoms with Crippen molar-refractivity contribution in [3.05, 3.63) is 34.1 Å². The molecule has 2 heterocycles. The van der Waals surface area contributed by atoms with Gasteiger partial charge in [0, 0.05) is 28.5 Å². The van der Waals surface area contributed by atoms with Gasteiger partial charge in [-0.2, -0.15) is 0 Å². The topological polar surface area (TPSA) is 43.8 Å². The van der Waals surface area contributed by atoms with Crippen LogP contribution in [-0.2, 0) is 6.42 Å². The van der Waals surface area contributed by atoms with Gasteiger partial charge in [-0.25, -0.2) is 4.98 Å². The Morgan fingerprint density at radius 1 is 1.42 bits per heavy atom. The Kier molecular flexibility index (Phi) is 2.84. The zero-order valence-electron chi connectivity index (χ0n) is 12.0. The van der Waals surface area contributed by atoms with Crippen molar-refractivity contribution >= 4 is 11.3 Å². The van der Waals surface area contributed by atoms with Gasteiger partial charge in [-0.15, -0.1) is 11.3 Å². The van der Waals surface area contributed by atoms with Crippen LogP contribution in [0.4, 0.5) is 0 Å². The highest BCUT2D eigenvalue weighted by Gasteiger charge is 2.33. The van der Waals surface area contributed by atoms with Crippen molar-refractivity contribution in [3.8, 4) is 5.13 Å². The summed E-state index contributed by atoms with van der Waals surface area (Å²) in [4.78, 5) is 5.79. The lowest BCUT2D eigenvalue weighted by molar-refractivity contribution is 0.278. The Labute approximate surface area is 118 Å². The predicted octanol–water partition coefficient (Wildman–Crippen LogP) is 3.52. The third-order valence-electron chi connectivity index (χ3n) is 3.94. The van der Waals surface area contributed by atoms with Crippen molar-refractivity contribution in [1.29, 1.82) is 0 Å². The fourth-order valence-corrected chi connectivity index (χ4v) is 4.00. The van der Waals surface area contributed by atoms with Crippen molar-refractivity contribution in [3.63, 3.8) is 0 Å². The Morgan fingerprint density at radius 3 is 2.79 bits per heavy atom. The molecule has 2 aromatic heterocycles. The average molecular weight is 275 g/mol. The summed E-state index contributed by atoms with van der Waals surface area (Å²) in [5.41, 5.74) is 10.5. The Balaban J connectivity index is 2.17. The molecule has 0 aromatic carbocycles. The second-order valence-electron chi connectivity index (χ2n) is 6.43. The highest BCUT2D eigenvalue weighted by atomic mass is 32.1. The molecule has 0 amide bonds. The molecule has 1 atom stereocenters. The first-order valence-electron chi connectivity index (χ1n) is 6.77. The molecule has 19 heavy (non-hydrogen) atoms. The van der Waals surface area contributed by atoms with Crippen LogP contribution in [0.25, 0.3) is 5.13 Å². The Morgan fingerprint density at radius 2 is 2.16 bits per heavy atom. The maximum atomic E-state index is 6.36. The number of rotatable bonds is 1. The highest BCUT2D eigenvalue weighted by Crippen LogP contribution is 2.42. The molecule has 3 rings (SSSR count). The SMILES string of the molecule is Cc1cnc(-n2c(C)cc3c2CC(C)(C)CC3N)s1. The van der Waals surface area contributed by atoms with E-state index in [1.54, 1.807) is 11.3 Å². The Hall–Kier alpha value is -1.13. The quantitative estimate of drug-likeness (QED) is 0.865. The number of aromatic nitrogens is 2. The number of nitrogens with zero attached hydrogens (tertiary/aromatic N) is 2. The molecule has 0 aliphatic heterocycles. The normalized spacial score (nSPS) is 21.4. The maximum Gasteiger partial charge on any atom is 0.194 e. The number of hydrogen-bond acceptors (Lipinski definition) is 3. The predicted molar refractivity (Wildman–Crippen MR) is 79.9 cm³/mol. The van der Waals surface area contributed by atoms with Gasteiger partial charge in [-0.05, 0) is 43.7 Å². The lowest BCUT2D eigenvalue weighted by Gasteiger charge is -2.34. The molecule has 0 saturated heterocycles. The standard InChI is InChI=1S/C15H21N3S/c1-9-5-11-12(16)6-15(3,4)7-13(11)18(9)14-17-8-10(2)19-14/h5,8,12H,6-7,16H2,1-4H3. The summed E-state index contributed by atoms with van der Waals surface area (Å²) in [5, 5.41) is 1.07. The van der Waals surface area contributed by atoms with Crippen molar-refractivity contribution in [2.24, 2.45) is 11.1 Å². The van der Waals surface area contributed by atoms with Crippen LogP contribution in [0, 0.1) is 19.3 Å². The van der Waals surface area contributed by atoms with Gasteiger partial charge in [0.05, 0.1) is 0 Å². The monoisotopic (exact) mass is 275 g/mol. The summed E-state index contributed by atoms with van der Waals surface area (Å²) in [7, 11) is 0. The zero-order chi connectivity index (χ0) is 13.8. The van der Waals surface area contributed by atoms with Gasteiger partial charge in [0.2, 0.25) is 0 Å². The first kappa shape index (κ1) is 12.9. The van der Waals surface area contributed by atoms with Crippen molar-refractivity contribution in [2.45, 2.75) is 46.6 Å². The van der Waals surface area contributed by atoms with Crippen molar-refractivity contribution in [1.82, 2.24) is 9.55 Å². The van der Waals surface area contributed by atoms with Crippen LogP contribution < -0.4 is 5.73 Å². The molecule has 1 unspecified atom stereocenters. The van der Waals surface area contributed by atoms with E-state index >= 15 is 0 Å². The summed E-state index contributed by atoms with van der Waals surface area (Å²) in [6.45, 7) is 8.85. The lowest BCUT2D eigenvalue weighted by Crippen LogP contribution is -2.30. The van der Waals surface area contributed by atoms with E-state index in [2.05, 4.69) is 43.3 Å². The highest BCUT2D eigenvalue weighted by molar-refractivity contribution is 7.14. The molecule has 4 heteroatoms. The number of thiazole rings is 1. The minimum absolute atomic E-state index is 0.153. The minimum Gasteiger partial charge on any atom is -0.324 e. The van der Waals surface area contributed by atoms with E-state index in [0.29, 0.717) is 0 Å². The van der Waals surface area contributed by atoms with Gasteiger partial charge in [-0.3, -0.25) is 4.57 Å². The largest absolute Gasteiger partial charge is 0.324 e. The molecule has 0 spiro atoms. The molecule has 0 saturated carbocycles. The van der Waals surface area contributed by atoms with Gasteiger partial charge in [-0.1, -0.05) is 13.8 Å². The lowest BCUT2D eigenvalue weighted by atomic mass is 9.74. The molecule has 0 fully saturated rings. The van der Waals surface area contributed by atoms with Gasteiger partial charge in [0.1, 0.15) is 0 Å². The number of fused-ring (bicyclic) bond motifs is 1. The van der Waals surface area contributed by atoms with Crippen LogP contribution in [0.2, 0.25) is 0 Å². The van der Waals surface area contributed by atoms with Gasteiger partial charge in [0.25, 0.3) is 0 Å². The molecule has 3 nitrogen and oxygen atoms in total. The number of aryl methyl sites for hydroxylation is 2. The van der Waals surface area contributed by atoms with Crippen LogP contribution in [-0.4, -0.2) is 9.55 Å². The van der Waals surface area contributed by atoms with Crippen LogP contribution in [0.5, 0.6) is 0 Å². The van der Waals surface area contributed by atoms with Crippen LogP contribution in [0.1, 0.15) is 48.1 Å². The molecule has 2 N–H and O–H groups in total. The second-order valence-corrected chi connectivity index (χ2v) is 7.64. The van der Waals surface area contributed by atoms with Gasteiger partial charge in [0.15, 0.2) is 5.13 Å². The summed E-state index contributed by atoms with van der Waals surface area (Å²) in [5.74, 6) is 0. The molecule has 0 bridgehead atoms. The van der Waals surface area contributed by atoms with E-state index in [0.717, 1.165) is 18.0 Å². The number of hydrogen-bond donors (Lipinski definition) is 1. The zero-order valence-corrected chi connectivity index (χ0v) is 12.8. The third kappa shape index (κ3) is 2.13. The molecular weight excluding hydrogens is 254 g/mol. The third-order valence-corrected chi connectivity index (χ3v) is 4.84. The minimum atomic E-state index is 0.153. The summed E-state index contributed by atoms with van der Waals surface area (Å²) >= 11 is 1.74. The fourth-order valence-electron chi connectivity index (χ4n) is 3.16. The summed E-state index contributed by atoms with van der Waals surface area (Å²) in [6.07, 6.45) is 4.07. The smallest absolute Gasteiger partial charge is 0.194 e. The second kappa shape index (κ2) is 4.18. The average Bonchev–Trinajstić information content (AvgIpc) is 2.81. The van der Waals surface area contributed by atoms with Gasteiger partial charge < -0.3 is 5.73 Å². The first-order valence-corrected chi connectivity index (χ1v) is 7.58. The molecule has 102 valence electrons. The van der Waals surface area contributed by atoms with E-state index in [1.165, 1.54) is 21.8 Å². The Bertz CT molecular complexity index is 621. The van der Waals surface area contributed by atoms with E-state index < -0.39 is 0 Å². The summed E-state index contributed by atoms with van der Waals surface area (Å²) in [6, 6.07) is 2.39. The molecule has 2 aromatic rings. The maximum absolute atomic E-state index is 6.36. The first-order chi connectivity index (χ1) is 8.87. The van der Waals surface area contributed by atoms with Crippen LogP contribution >= 0.6 is 11.3 Å². The van der Waals surface area contributed by atoms with Crippen LogP contribution in [0.15, 0.2) is 12.3 Å². The number of nitrogens with two attached hydrogens (primary N) is 1. The van der Waals surface area contributed by atoms with Gasteiger partial charge >= 0.3 is 0 Å². The van der Waals surface area contributed by atoms with E-state index in [9.17, 15) is 0 Å². The molecule has 1 aliphatic rings. The van der Waals surface area contributed by atoms with Crippen LogP contribution in [0.3, 0.4) is 0 Å².